The number of imidazole rings is 1. The van der Waals surface area contributed by atoms with Gasteiger partial charge in [-0.1, -0.05) is 60.7 Å². The van der Waals surface area contributed by atoms with Crippen LogP contribution in [0.2, 0.25) is 0 Å². The fraction of sp³-hybridized carbons (Fsp3) is 0.357. The number of rotatable bonds is 5. The van der Waals surface area contributed by atoms with Crippen LogP contribution in [0.4, 0.5) is 9.59 Å². The number of likely N-dealkylation sites (tertiary alicyclic amines) is 1. The summed E-state index contributed by atoms with van der Waals surface area (Å²) in [5.41, 5.74) is 1.80. The number of aromatic amines is 1. The van der Waals surface area contributed by atoms with Crippen LogP contribution in [0.3, 0.4) is 0 Å². The third kappa shape index (κ3) is 5.66. The average Bonchev–Trinajstić information content (AvgIpc) is 3.33. The summed E-state index contributed by atoms with van der Waals surface area (Å²) in [5, 5.41) is 9.24. The van der Waals surface area contributed by atoms with Gasteiger partial charge in [-0.2, -0.15) is 0 Å². The minimum atomic E-state index is -1.02. The molecule has 0 aliphatic carbocycles. The molecule has 11 heteroatoms. The molecule has 5 rings (SSSR count). The lowest BCUT2D eigenvalue weighted by Gasteiger charge is -2.34. The predicted octanol–water partition coefficient (Wildman–Crippen LogP) is 3.25. The highest BCUT2D eigenvalue weighted by Crippen LogP contribution is 2.30. The fourth-order valence-corrected chi connectivity index (χ4v) is 5.23. The number of hydrogen-bond donors (Lipinski definition) is 2. The number of amides is 3. The first-order valence-corrected chi connectivity index (χ1v) is 13.0. The summed E-state index contributed by atoms with van der Waals surface area (Å²) < 4.78 is 7.12. The van der Waals surface area contributed by atoms with Crippen molar-refractivity contribution in [2.75, 3.05) is 39.3 Å². The van der Waals surface area contributed by atoms with E-state index in [4.69, 9.17) is 4.74 Å². The molecule has 2 aliphatic rings. The second-order valence-electron chi connectivity index (χ2n) is 9.73. The van der Waals surface area contributed by atoms with Gasteiger partial charge < -0.3 is 29.5 Å². The van der Waals surface area contributed by atoms with Crippen molar-refractivity contribution in [3.63, 3.8) is 0 Å². The first-order valence-electron chi connectivity index (χ1n) is 13.0. The second-order valence-corrected chi connectivity index (χ2v) is 9.73. The maximum atomic E-state index is 13.6. The number of nitrogens with zero attached hydrogens (tertiary/aromatic N) is 4. The molecule has 3 aromatic rings. The van der Waals surface area contributed by atoms with E-state index in [9.17, 15) is 24.3 Å². The Labute approximate surface area is 225 Å². The number of aromatic nitrogens is 2. The second kappa shape index (κ2) is 11.5. The number of piperazine rings is 1. The number of benzene rings is 2. The lowest BCUT2D eigenvalue weighted by molar-refractivity contribution is 0.0620. The van der Waals surface area contributed by atoms with Gasteiger partial charge in [-0.25, -0.2) is 14.4 Å². The molecule has 2 saturated heterocycles. The fourth-order valence-electron chi connectivity index (χ4n) is 5.23. The molecular formula is C28H31N5O6. The highest BCUT2D eigenvalue weighted by Gasteiger charge is 2.33. The molecule has 204 valence electrons. The Hall–Kier alpha value is -4.54. The zero-order chi connectivity index (χ0) is 27.4. The maximum absolute atomic E-state index is 13.6. The molecule has 1 aromatic heterocycles. The summed E-state index contributed by atoms with van der Waals surface area (Å²) in [4.78, 5) is 58.4. The summed E-state index contributed by atoms with van der Waals surface area (Å²) in [7, 11) is 0. The van der Waals surface area contributed by atoms with Crippen LogP contribution in [0, 0.1) is 0 Å². The van der Waals surface area contributed by atoms with E-state index >= 15 is 0 Å². The van der Waals surface area contributed by atoms with Gasteiger partial charge in [0, 0.05) is 44.8 Å². The number of piperidine rings is 1. The topological polar surface area (TPSA) is 128 Å². The number of ether oxygens (including phenoxy) is 1. The van der Waals surface area contributed by atoms with E-state index in [1.165, 1.54) is 4.90 Å². The lowest BCUT2D eigenvalue weighted by atomic mass is 10.0. The van der Waals surface area contributed by atoms with Gasteiger partial charge in [-0.15, -0.1) is 0 Å². The summed E-state index contributed by atoms with van der Waals surface area (Å²) in [6, 6.07) is 18.3. The van der Waals surface area contributed by atoms with E-state index in [-0.39, 0.29) is 57.0 Å². The predicted molar refractivity (Wildman–Crippen MR) is 142 cm³/mol. The molecule has 2 N–H and O–H groups in total. The van der Waals surface area contributed by atoms with Crippen LogP contribution in [-0.4, -0.2) is 86.7 Å². The van der Waals surface area contributed by atoms with Gasteiger partial charge in [0.1, 0.15) is 12.3 Å². The van der Waals surface area contributed by atoms with Crippen LogP contribution < -0.4 is 5.69 Å². The zero-order valence-electron chi connectivity index (χ0n) is 21.5. The van der Waals surface area contributed by atoms with Crippen molar-refractivity contribution in [3.05, 3.63) is 82.4 Å². The summed E-state index contributed by atoms with van der Waals surface area (Å²) in [6.45, 7) is 1.83. The van der Waals surface area contributed by atoms with Gasteiger partial charge in [-0.05, 0) is 18.4 Å². The molecule has 11 nitrogen and oxygen atoms in total. The standard InChI is InChI=1S/C28H31N5O6/c34-25(30-14-16-31(17-15-30)27(36)37)23-24(21-10-5-2-6-11-21)33(26(35)29-23)22-12-7-13-32(18-22)28(38)39-19-20-8-3-1-4-9-20/h1-6,8-11,22H,7,12-19H2,(H,29,35)(H,36,37). The highest BCUT2D eigenvalue weighted by molar-refractivity contribution is 5.98. The van der Waals surface area contributed by atoms with Gasteiger partial charge in [0.05, 0.1) is 11.7 Å². The van der Waals surface area contributed by atoms with E-state index < -0.39 is 17.9 Å². The third-order valence-corrected chi connectivity index (χ3v) is 7.25. The molecule has 2 aliphatic heterocycles. The number of hydrogen-bond acceptors (Lipinski definition) is 5. The molecule has 0 bridgehead atoms. The summed E-state index contributed by atoms with van der Waals surface area (Å²) in [5.74, 6) is -0.357. The molecule has 39 heavy (non-hydrogen) atoms. The van der Waals surface area contributed by atoms with Crippen LogP contribution in [0.15, 0.2) is 65.5 Å². The van der Waals surface area contributed by atoms with E-state index in [1.807, 2.05) is 60.7 Å². The number of carboxylic acid groups (broad SMARTS) is 1. The van der Waals surface area contributed by atoms with Gasteiger partial charge >= 0.3 is 17.9 Å². The van der Waals surface area contributed by atoms with Crippen molar-refractivity contribution in [1.82, 2.24) is 24.3 Å². The highest BCUT2D eigenvalue weighted by atomic mass is 16.6. The average molecular weight is 534 g/mol. The van der Waals surface area contributed by atoms with Gasteiger partial charge in [-0.3, -0.25) is 9.36 Å². The molecule has 1 atom stereocenters. The van der Waals surface area contributed by atoms with Crippen LogP contribution in [0.25, 0.3) is 11.3 Å². The number of H-pyrrole nitrogens is 1. The zero-order valence-corrected chi connectivity index (χ0v) is 21.5. The maximum Gasteiger partial charge on any atom is 0.410 e. The van der Waals surface area contributed by atoms with Crippen molar-refractivity contribution >= 4 is 18.1 Å². The third-order valence-electron chi connectivity index (χ3n) is 7.25. The SMILES string of the molecule is O=C(O)N1CCN(C(=O)c2[nH]c(=O)n(C3CCCN(C(=O)OCc4ccccc4)C3)c2-c2ccccc2)CC1. The molecule has 0 spiro atoms. The number of carbonyl (C=O) groups is 3. The van der Waals surface area contributed by atoms with Crippen molar-refractivity contribution in [3.8, 4) is 11.3 Å². The monoisotopic (exact) mass is 533 g/mol. The van der Waals surface area contributed by atoms with Crippen molar-refractivity contribution in [1.29, 1.82) is 0 Å². The molecule has 1 unspecified atom stereocenters. The molecule has 2 aromatic carbocycles. The number of nitrogens with one attached hydrogen (secondary N) is 1. The Balaban J connectivity index is 1.40. The molecular weight excluding hydrogens is 502 g/mol. The van der Waals surface area contributed by atoms with Crippen molar-refractivity contribution in [2.45, 2.75) is 25.5 Å². The van der Waals surface area contributed by atoms with Crippen LogP contribution in [0.1, 0.15) is 34.9 Å². The van der Waals surface area contributed by atoms with Gasteiger partial charge in [0.2, 0.25) is 0 Å². The summed E-state index contributed by atoms with van der Waals surface area (Å²) >= 11 is 0. The Morgan fingerprint density at radius 3 is 2.18 bits per heavy atom. The van der Waals surface area contributed by atoms with Crippen molar-refractivity contribution in [2.24, 2.45) is 0 Å². The molecule has 0 radical (unpaired) electrons. The van der Waals surface area contributed by atoms with E-state index in [0.717, 1.165) is 5.56 Å². The quantitative estimate of drug-likeness (QED) is 0.518. The first kappa shape index (κ1) is 26.1. The molecule has 3 amide bonds. The van der Waals surface area contributed by atoms with Crippen molar-refractivity contribution < 1.29 is 24.2 Å². The Morgan fingerprint density at radius 1 is 0.872 bits per heavy atom. The van der Waals surface area contributed by atoms with Gasteiger partial charge in [0.15, 0.2) is 0 Å². The normalized spacial score (nSPS) is 17.6. The van der Waals surface area contributed by atoms with Gasteiger partial charge in [0.25, 0.3) is 5.91 Å². The molecule has 3 heterocycles. The smallest absolute Gasteiger partial charge is 0.410 e. The van der Waals surface area contributed by atoms with Crippen LogP contribution in [0.5, 0.6) is 0 Å². The number of carbonyl (C=O) groups excluding carboxylic acids is 2. The molecule has 2 fully saturated rings. The largest absolute Gasteiger partial charge is 0.465 e. The molecule has 0 saturated carbocycles. The van der Waals surface area contributed by atoms with E-state index in [0.29, 0.717) is 30.6 Å². The lowest BCUT2D eigenvalue weighted by Crippen LogP contribution is -2.50. The Morgan fingerprint density at radius 2 is 1.51 bits per heavy atom. The van der Waals surface area contributed by atoms with Crippen LogP contribution in [-0.2, 0) is 11.3 Å². The minimum absolute atomic E-state index is 0.161. The van der Waals surface area contributed by atoms with E-state index in [1.54, 1.807) is 14.4 Å². The minimum Gasteiger partial charge on any atom is -0.465 e. The Bertz CT molecular complexity index is 1380. The van der Waals surface area contributed by atoms with Crippen LogP contribution >= 0.6 is 0 Å². The van der Waals surface area contributed by atoms with E-state index in [2.05, 4.69) is 4.98 Å². The Kier molecular flexibility index (Phi) is 7.67. The summed E-state index contributed by atoms with van der Waals surface area (Å²) in [6.07, 6.45) is -0.126. The first-order chi connectivity index (χ1) is 18.9.